The standard InChI is InChI=1S/C22H42N2O3/c1-2-3-4-5-6-7-8-9-10-11-12-13-14-15-16-17-18-24-20(22(26)27)19-21(23)25/h9-10,20,24H,2-8,11-19H2,1H3,(H2,23,25)(H,26,27)/b10-9-/t20-/m0/s1. The van der Waals surface area contributed by atoms with E-state index in [1.165, 1.54) is 77.0 Å². The number of hydrogen-bond donors (Lipinski definition) is 3. The Morgan fingerprint density at radius 3 is 1.81 bits per heavy atom. The molecule has 0 bridgehead atoms. The molecule has 0 spiro atoms. The van der Waals surface area contributed by atoms with Gasteiger partial charge in [-0.05, 0) is 38.6 Å². The predicted octanol–water partition coefficient (Wildman–Crippen LogP) is 4.94. The van der Waals surface area contributed by atoms with Crippen molar-refractivity contribution in [3.8, 4) is 0 Å². The van der Waals surface area contributed by atoms with Crippen LogP contribution in [0.2, 0.25) is 0 Å². The lowest BCUT2D eigenvalue weighted by Crippen LogP contribution is -2.40. The maximum Gasteiger partial charge on any atom is 0.321 e. The quantitative estimate of drug-likeness (QED) is 0.205. The Balaban J connectivity index is 3.34. The number of carbonyl (C=O) groups excluding carboxylic acids is 1. The Kier molecular flexibility index (Phi) is 18.4. The number of carboxylic acid groups (broad SMARTS) is 1. The van der Waals surface area contributed by atoms with Gasteiger partial charge in [-0.25, -0.2) is 0 Å². The summed E-state index contributed by atoms with van der Waals surface area (Å²) >= 11 is 0. The van der Waals surface area contributed by atoms with E-state index in [2.05, 4.69) is 24.4 Å². The minimum absolute atomic E-state index is 0.151. The van der Waals surface area contributed by atoms with Gasteiger partial charge in [0.15, 0.2) is 0 Å². The zero-order chi connectivity index (χ0) is 20.2. The maximum absolute atomic E-state index is 11.0. The first-order chi connectivity index (χ1) is 13.1. The number of rotatable bonds is 20. The van der Waals surface area contributed by atoms with E-state index in [0.717, 1.165) is 12.8 Å². The smallest absolute Gasteiger partial charge is 0.321 e. The predicted molar refractivity (Wildman–Crippen MR) is 113 cm³/mol. The highest BCUT2D eigenvalue weighted by Gasteiger charge is 2.18. The second kappa shape index (κ2) is 19.4. The van der Waals surface area contributed by atoms with Crippen molar-refractivity contribution in [2.24, 2.45) is 5.73 Å². The number of nitrogens with one attached hydrogen (secondary N) is 1. The Morgan fingerprint density at radius 2 is 1.33 bits per heavy atom. The average Bonchev–Trinajstić information content (AvgIpc) is 2.62. The number of amides is 1. The molecule has 0 radical (unpaired) electrons. The van der Waals surface area contributed by atoms with Crippen molar-refractivity contribution < 1.29 is 14.7 Å². The lowest BCUT2D eigenvalue weighted by Gasteiger charge is -2.12. The van der Waals surface area contributed by atoms with Crippen LogP contribution in [0.5, 0.6) is 0 Å². The van der Waals surface area contributed by atoms with Crippen LogP contribution in [0, 0.1) is 0 Å². The van der Waals surface area contributed by atoms with E-state index < -0.39 is 17.9 Å². The first-order valence-electron chi connectivity index (χ1n) is 11.0. The molecule has 1 amide bonds. The van der Waals surface area contributed by atoms with Crippen LogP contribution in [0.3, 0.4) is 0 Å². The highest BCUT2D eigenvalue weighted by molar-refractivity contribution is 5.83. The van der Waals surface area contributed by atoms with Crippen molar-refractivity contribution in [1.82, 2.24) is 5.32 Å². The molecule has 4 N–H and O–H groups in total. The van der Waals surface area contributed by atoms with Crippen molar-refractivity contribution >= 4 is 11.9 Å². The zero-order valence-electron chi connectivity index (χ0n) is 17.4. The van der Waals surface area contributed by atoms with E-state index in [4.69, 9.17) is 10.8 Å². The summed E-state index contributed by atoms with van der Waals surface area (Å²) in [6.07, 6.45) is 22.1. The van der Waals surface area contributed by atoms with Crippen LogP contribution >= 0.6 is 0 Å². The zero-order valence-corrected chi connectivity index (χ0v) is 17.4. The van der Waals surface area contributed by atoms with Gasteiger partial charge in [0.25, 0.3) is 0 Å². The van der Waals surface area contributed by atoms with Crippen LogP contribution in [0.15, 0.2) is 12.2 Å². The third-order valence-corrected chi connectivity index (χ3v) is 4.78. The molecule has 0 aromatic heterocycles. The number of hydrogen-bond acceptors (Lipinski definition) is 3. The first kappa shape index (κ1) is 25.6. The topological polar surface area (TPSA) is 92.4 Å². The Hall–Kier alpha value is -1.36. The summed E-state index contributed by atoms with van der Waals surface area (Å²) in [5, 5.41) is 11.9. The molecule has 0 aliphatic heterocycles. The first-order valence-corrected chi connectivity index (χ1v) is 11.0. The van der Waals surface area contributed by atoms with E-state index in [1.807, 2.05) is 0 Å². The van der Waals surface area contributed by atoms with Crippen LogP contribution in [0.25, 0.3) is 0 Å². The molecule has 0 unspecified atom stereocenters. The Bertz CT molecular complexity index is 397. The Labute approximate surface area is 166 Å². The molecule has 5 heteroatoms. The van der Waals surface area contributed by atoms with Gasteiger partial charge in [0.2, 0.25) is 5.91 Å². The number of primary amides is 1. The summed E-state index contributed by atoms with van der Waals surface area (Å²) in [7, 11) is 0. The molecule has 0 heterocycles. The summed E-state index contributed by atoms with van der Waals surface area (Å²) < 4.78 is 0. The molecule has 0 aliphatic rings. The van der Waals surface area contributed by atoms with Crippen molar-refractivity contribution in [3.05, 3.63) is 12.2 Å². The van der Waals surface area contributed by atoms with Gasteiger partial charge in [-0.2, -0.15) is 0 Å². The van der Waals surface area contributed by atoms with E-state index in [-0.39, 0.29) is 6.42 Å². The van der Waals surface area contributed by atoms with Gasteiger partial charge < -0.3 is 16.2 Å². The van der Waals surface area contributed by atoms with Crippen LogP contribution < -0.4 is 11.1 Å². The number of carbonyl (C=O) groups is 2. The number of nitrogens with two attached hydrogens (primary N) is 1. The molecule has 0 saturated heterocycles. The molecule has 5 nitrogen and oxygen atoms in total. The molecular formula is C22H42N2O3. The largest absolute Gasteiger partial charge is 0.480 e. The second-order valence-electron chi connectivity index (χ2n) is 7.45. The highest BCUT2D eigenvalue weighted by Crippen LogP contribution is 2.09. The maximum atomic E-state index is 11.0. The molecular weight excluding hydrogens is 340 g/mol. The van der Waals surface area contributed by atoms with Crippen molar-refractivity contribution in [2.75, 3.05) is 6.54 Å². The monoisotopic (exact) mass is 382 g/mol. The molecule has 1 atom stereocenters. The summed E-state index contributed by atoms with van der Waals surface area (Å²) in [6.45, 7) is 2.87. The highest BCUT2D eigenvalue weighted by atomic mass is 16.4. The summed E-state index contributed by atoms with van der Waals surface area (Å²) in [4.78, 5) is 21.8. The lowest BCUT2D eigenvalue weighted by molar-refractivity contribution is -0.141. The third kappa shape index (κ3) is 19.2. The fourth-order valence-electron chi connectivity index (χ4n) is 3.10. The van der Waals surface area contributed by atoms with Gasteiger partial charge in [-0.1, -0.05) is 76.9 Å². The van der Waals surface area contributed by atoms with Gasteiger partial charge in [-0.3, -0.25) is 9.59 Å². The van der Waals surface area contributed by atoms with Gasteiger partial charge in [-0.15, -0.1) is 0 Å². The van der Waals surface area contributed by atoms with Crippen LogP contribution in [-0.2, 0) is 9.59 Å². The molecule has 0 aliphatic carbocycles. The molecule has 0 aromatic rings. The second-order valence-corrected chi connectivity index (χ2v) is 7.45. The Morgan fingerprint density at radius 1 is 0.852 bits per heavy atom. The van der Waals surface area contributed by atoms with Crippen molar-refractivity contribution in [2.45, 2.75) is 109 Å². The number of carboxylic acids is 1. The van der Waals surface area contributed by atoms with Crippen LogP contribution in [-0.4, -0.2) is 29.6 Å². The molecule has 0 saturated carbocycles. The molecule has 158 valence electrons. The van der Waals surface area contributed by atoms with Crippen LogP contribution in [0.4, 0.5) is 0 Å². The lowest BCUT2D eigenvalue weighted by atomic mass is 10.1. The fourth-order valence-corrected chi connectivity index (χ4v) is 3.10. The van der Waals surface area contributed by atoms with E-state index in [1.54, 1.807) is 0 Å². The summed E-state index contributed by atoms with van der Waals surface area (Å²) in [6, 6.07) is -0.856. The molecule has 27 heavy (non-hydrogen) atoms. The summed E-state index contributed by atoms with van der Waals surface area (Å²) in [5.74, 6) is -1.60. The normalized spacial score (nSPS) is 12.5. The molecule has 0 rings (SSSR count). The van der Waals surface area contributed by atoms with Crippen LogP contribution in [0.1, 0.15) is 103 Å². The van der Waals surface area contributed by atoms with Gasteiger partial charge in [0.05, 0.1) is 6.42 Å². The van der Waals surface area contributed by atoms with Gasteiger partial charge >= 0.3 is 5.97 Å². The SMILES string of the molecule is CCCCCCCC/C=C\CCCCCCCCN[C@@H](CC(N)=O)C(=O)O. The molecule has 0 fully saturated rings. The number of unbranched alkanes of at least 4 members (excludes halogenated alkanes) is 12. The number of aliphatic carboxylic acids is 1. The minimum atomic E-state index is -1.02. The van der Waals surface area contributed by atoms with Crippen molar-refractivity contribution in [1.29, 1.82) is 0 Å². The average molecular weight is 383 g/mol. The fraction of sp³-hybridized carbons (Fsp3) is 0.818. The third-order valence-electron chi connectivity index (χ3n) is 4.78. The van der Waals surface area contributed by atoms with Gasteiger partial charge in [0.1, 0.15) is 6.04 Å². The minimum Gasteiger partial charge on any atom is -0.480 e. The van der Waals surface area contributed by atoms with E-state index in [0.29, 0.717) is 6.54 Å². The number of allylic oxidation sites excluding steroid dienone is 2. The van der Waals surface area contributed by atoms with E-state index in [9.17, 15) is 9.59 Å². The van der Waals surface area contributed by atoms with Gasteiger partial charge in [0, 0.05) is 0 Å². The van der Waals surface area contributed by atoms with E-state index >= 15 is 0 Å². The van der Waals surface area contributed by atoms with Crippen molar-refractivity contribution in [3.63, 3.8) is 0 Å². The molecule has 0 aromatic carbocycles. The summed E-state index contributed by atoms with van der Waals surface area (Å²) in [5.41, 5.74) is 5.05.